The molecule has 10 atom stereocenters. The Kier molecular flexibility index (Phi) is 10.2. The van der Waals surface area contributed by atoms with Crippen molar-refractivity contribution in [1.82, 2.24) is 5.32 Å². The number of aliphatic hydroxyl groups is 5. The fraction of sp³-hybridized carbons (Fsp3) is 0.484. The quantitative estimate of drug-likeness (QED) is 0.0843. The van der Waals surface area contributed by atoms with Gasteiger partial charge in [-0.05, 0) is 62.2 Å². The molecule has 250 valence electrons. The number of nitrogens with two attached hydrogens (primary N) is 1. The van der Waals surface area contributed by atoms with Gasteiger partial charge in [-0.3, -0.25) is 4.79 Å². The van der Waals surface area contributed by atoms with Crippen LogP contribution in [0.3, 0.4) is 0 Å². The lowest BCUT2D eigenvalue weighted by Gasteiger charge is -2.41. The van der Waals surface area contributed by atoms with Crippen LogP contribution < -0.4 is 15.8 Å². The van der Waals surface area contributed by atoms with E-state index in [-0.39, 0.29) is 36.1 Å². The van der Waals surface area contributed by atoms with E-state index in [2.05, 4.69) is 10.5 Å². The molecular formula is C31H38ClN3O11. The maximum atomic E-state index is 12.9. The van der Waals surface area contributed by atoms with Crippen LogP contribution >= 0.6 is 11.6 Å². The topological polar surface area (TPSA) is 215 Å². The molecule has 14 nitrogen and oxygen atoms in total. The van der Waals surface area contributed by atoms with Gasteiger partial charge in [0.2, 0.25) is 12.2 Å². The highest BCUT2D eigenvalue weighted by atomic mass is 35.5. The molecule has 1 saturated carbocycles. The second kappa shape index (κ2) is 13.8. The largest absolute Gasteiger partial charge is 0.459 e. The molecule has 46 heavy (non-hydrogen) atoms. The summed E-state index contributed by atoms with van der Waals surface area (Å²) >= 11 is 5.99. The van der Waals surface area contributed by atoms with Gasteiger partial charge in [0.15, 0.2) is 5.60 Å². The Morgan fingerprint density at radius 3 is 2.52 bits per heavy atom. The first-order valence-corrected chi connectivity index (χ1v) is 14.9. The standard InChI is InChI=1S/C31H38ClN3O11/c1-14(29(40)34-21-22(36)24(38)27-26(23(21)37)42-13-43-27)9-16-7-8-20(19(33)11-16)45-30-31(3,41)28(39)25(46-30)15(2)35-44-12-17-5-4-6-18(32)10-17/h4-11,21-28,30,36-39,41H,12-13,33H2,1-3H3,(H,34,40)/b14-9+,35-15+/t21-,22+,23-,24-,25-,26+,27-,28-,30-,31+/m1/s1. The van der Waals surface area contributed by atoms with E-state index in [1.54, 1.807) is 31.2 Å². The molecule has 2 aromatic carbocycles. The van der Waals surface area contributed by atoms with Crippen LogP contribution in [0.5, 0.6) is 5.75 Å². The number of anilines is 1. The Hall–Kier alpha value is -3.31. The van der Waals surface area contributed by atoms with E-state index in [4.69, 9.17) is 41.1 Å². The van der Waals surface area contributed by atoms with Crippen LogP contribution in [0, 0.1) is 0 Å². The van der Waals surface area contributed by atoms with Crippen molar-refractivity contribution in [3.05, 3.63) is 64.2 Å². The summed E-state index contributed by atoms with van der Waals surface area (Å²) in [6.45, 7) is 4.47. The van der Waals surface area contributed by atoms with E-state index in [0.717, 1.165) is 5.56 Å². The van der Waals surface area contributed by atoms with Crippen LogP contribution in [0.1, 0.15) is 31.9 Å². The number of aliphatic hydroxyl groups excluding tert-OH is 4. The number of oxime groups is 1. The van der Waals surface area contributed by atoms with Crippen molar-refractivity contribution in [2.24, 2.45) is 5.16 Å². The van der Waals surface area contributed by atoms with Crippen molar-refractivity contribution in [2.45, 2.75) is 88.0 Å². The number of benzene rings is 2. The number of carbonyl (C=O) groups excluding carboxylic acids is 1. The van der Waals surface area contributed by atoms with Crippen LogP contribution in [0.2, 0.25) is 5.02 Å². The van der Waals surface area contributed by atoms with E-state index in [0.29, 0.717) is 10.6 Å². The Morgan fingerprint density at radius 1 is 1.11 bits per heavy atom. The Morgan fingerprint density at radius 2 is 1.83 bits per heavy atom. The first kappa shape index (κ1) is 34.0. The lowest BCUT2D eigenvalue weighted by atomic mass is 9.83. The van der Waals surface area contributed by atoms with E-state index in [1.807, 2.05) is 6.07 Å². The molecule has 3 fully saturated rings. The molecule has 3 aliphatic rings. The highest BCUT2D eigenvalue weighted by Crippen LogP contribution is 2.36. The number of rotatable bonds is 9. The molecule has 0 unspecified atom stereocenters. The SMILES string of the molecule is C/C(=C\c1ccc(O[C@@H]2O[C@H](/C(C)=N/OCc3cccc(Cl)c3)[C@@H](O)[C@]2(C)O)c(N)c1)C(=O)N[C@@H]1[C@H](O)[C@@H](O)[C@H]2OCO[C@H]2[C@@H]1O. The maximum absolute atomic E-state index is 12.9. The number of hydrogen-bond donors (Lipinski definition) is 7. The second-order valence-corrected chi connectivity index (χ2v) is 12.2. The van der Waals surface area contributed by atoms with Crippen molar-refractivity contribution < 1.29 is 54.1 Å². The summed E-state index contributed by atoms with van der Waals surface area (Å²) in [7, 11) is 0. The first-order chi connectivity index (χ1) is 21.8. The zero-order valence-corrected chi connectivity index (χ0v) is 26.1. The van der Waals surface area contributed by atoms with Crippen LogP contribution in [-0.2, 0) is 30.4 Å². The average molecular weight is 664 g/mol. The lowest BCUT2D eigenvalue weighted by Crippen LogP contribution is -2.67. The number of hydrogen-bond acceptors (Lipinski definition) is 13. The number of nitrogens with one attached hydrogen (secondary N) is 1. The maximum Gasteiger partial charge on any atom is 0.247 e. The second-order valence-electron chi connectivity index (χ2n) is 11.8. The number of nitrogen functional groups attached to an aromatic ring is 1. The Balaban J connectivity index is 1.21. The van der Waals surface area contributed by atoms with Gasteiger partial charge < -0.3 is 60.4 Å². The predicted octanol–water partition coefficient (Wildman–Crippen LogP) is 0.456. The fourth-order valence-corrected chi connectivity index (χ4v) is 5.78. The third-order valence-corrected chi connectivity index (χ3v) is 8.52. The van der Waals surface area contributed by atoms with Crippen LogP contribution in [-0.4, -0.2) is 105 Å². The van der Waals surface area contributed by atoms with Gasteiger partial charge in [-0.2, -0.15) is 0 Å². The summed E-state index contributed by atoms with van der Waals surface area (Å²) in [5, 5.41) is 60.4. The zero-order valence-electron chi connectivity index (χ0n) is 25.3. The van der Waals surface area contributed by atoms with Crippen LogP contribution in [0.4, 0.5) is 5.69 Å². The minimum atomic E-state index is -1.84. The third kappa shape index (κ3) is 7.00. The van der Waals surface area contributed by atoms with Gasteiger partial charge in [0.1, 0.15) is 61.9 Å². The normalized spacial score (nSPS) is 34.7. The molecule has 15 heteroatoms. The van der Waals surface area contributed by atoms with Gasteiger partial charge in [-0.1, -0.05) is 35.0 Å². The van der Waals surface area contributed by atoms with Crippen LogP contribution in [0.25, 0.3) is 6.08 Å². The van der Waals surface area contributed by atoms with Gasteiger partial charge in [-0.15, -0.1) is 0 Å². The van der Waals surface area contributed by atoms with E-state index >= 15 is 0 Å². The molecule has 2 heterocycles. The molecule has 2 saturated heterocycles. The van der Waals surface area contributed by atoms with E-state index < -0.39 is 66.6 Å². The summed E-state index contributed by atoms with van der Waals surface area (Å²) in [5.74, 6) is -0.449. The van der Waals surface area contributed by atoms with Gasteiger partial charge in [-0.25, -0.2) is 0 Å². The lowest BCUT2D eigenvalue weighted by molar-refractivity contribution is -0.155. The number of carbonyl (C=O) groups is 1. The molecular weight excluding hydrogens is 626 g/mol. The first-order valence-electron chi connectivity index (χ1n) is 14.6. The fourth-order valence-electron chi connectivity index (χ4n) is 5.57. The van der Waals surface area contributed by atoms with Gasteiger partial charge in [0, 0.05) is 10.6 Å². The summed E-state index contributed by atoms with van der Waals surface area (Å²) in [4.78, 5) is 18.3. The number of nitrogens with zero attached hydrogens (tertiary/aromatic N) is 1. The molecule has 1 amide bonds. The Bertz CT molecular complexity index is 1490. The summed E-state index contributed by atoms with van der Waals surface area (Å²) in [5.41, 5.74) is 6.34. The predicted molar refractivity (Wildman–Crippen MR) is 164 cm³/mol. The van der Waals surface area contributed by atoms with Gasteiger partial charge in [0.05, 0.1) is 17.4 Å². The van der Waals surface area contributed by atoms with Crippen molar-refractivity contribution in [1.29, 1.82) is 0 Å². The highest BCUT2D eigenvalue weighted by Gasteiger charge is 2.55. The molecule has 2 aliphatic heterocycles. The molecule has 0 bridgehead atoms. The number of amides is 1. The molecule has 5 rings (SSSR count). The van der Waals surface area contributed by atoms with Crippen molar-refractivity contribution in [2.75, 3.05) is 12.5 Å². The summed E-state index contributed by atoms with van der Waals surface area (Å²) in [6, 6.07) is 10.5. The van der Waals surface area contributed by atoms with Crippen LogP contribution in [0.15, 0.2) is 53.2 Å². The van der Waals surface area contributed by atoms with E-state index in [9.17, 15) is 30.3 Å². The number of ether oxygens (including phenoxy) is 4. The van der Waals surface area contributed by atoms with E-state index in [1.165, 1.54) is 32.1 Å². The van der Waals surface area contributed by atoms with Crippen molar-refractivity contribution in [3.8, 4) is 5.75 Å². The van der Waals surface area contributed by atoms with Crippen molar-refractivity contribution in [3.63, 3.8) is 0 Å². The van der Waals surface area contributed by atoms with Crippen molar-refractivity contribution >= 4 is 35.0 Å². The number of fused-ring (bicyclic) bond motifs is 1. The molecule has 0 aromatic heterocycles. The zero-order chi connectivity index (χ0) is 33.3. The number of halogens is 1. The molecule has 0 radical (unpaired) electrons. The summed E-state index contributed by atoms with van der Waals surface area (Å²) < 4.78 is 22.2. The summed E-state index contributed by atoms with van der Waals surface area (Å²) in [6.07, 6.45) is -8.18. The molecule has 1 aliphatic carbocycles. The molecule has 8 N–H and O–H groups in total. The third-order valence-electron chi connectivity index (χ3n) is 8.28. The van der Waals surface area contributed by atoms with Gasteiger partial charge >= 0.3 is 0 Å². The van der Waals surface area contributed by atoms with Gasteiger partial charge in [0.25, 0.3) is 0 Å². The smallest absolute Gasteiger partial charge is 0.247 e. The average Bonchev–Trinajstić information content (AvgIpc) is 3.59. The minimum Gasteiger partial charge on any atom is -0.459 e. The Labute approximate surface area is 269 Å². The minimum absolute atomic E-state index is 0.133. The molecule has 2 aromatic rings. The highest BCUT2D eigenvalue weighted by molar-refractivity contribution is 6.30. The molecule has 0 spiro atoms. The monoisotopic (exact) mass is 663 g/mol.